The van der Waals surface area contributed by atoms with Gasteiger partial charge in [-0.3, -0.25) is 23.9 Å². The number of benzene rings is 1. The first-order valence-corrected chi connectivity index (χ1v) is 11.7. The molecule has 3 rings (SSSR count). The zero-order chi connectivity index (χ0) is 25.9. The molecule has 11 heteroatoms. The summed E-state index contributed by atoms with van der Waals surface area (Å²) in [7, 11) is 0. The van der Waals surface area contributed by atoms with Crippen molar-refractivity contribution in [2.45, 2.75) is 53.0 Å². The lowest BCUT2D eigenvalue weighted by atomic mass is 10.0. The molecule has 1 saturated heterocycles. The average Bonchev–Trinajstić information content (AvgIpc) is 3.16. The summed E-state index contributed by atoms with van der Waals surface area (Å²) in [6.45, 7) is 6.14. The van der Waals surface area contributed by atoms with Crippen molar-refractivity contribution in [2.75, 3.05) is 28.6 Å². The van der Waals surface area contributed by atoms with E-state index in [1.807, 2.05) is 20.8 Å². The van der Waals surface area contributed by atoms with Crippen molar-refractivity contribution in [3.63, 3.8) is 0 Å². The van der Waals surface area contributed by atoms with E-state index in [0.717, 1.165) is 23.5 Å². The summed E-state index contributed by atoms with van der Waals surface area (Å²) in [6.07, 6.45) is 1.76. The lowest BCUT2D eigenvalue weighted by molar-refractivity contribution is -0.124. The summed E-state index contributed by atoms with van der Waals surface area (Å²) in [6, 6.07) is 2.86. The van der Waals surface area contributed by atoms with Gasteiger partial charge in [-0.1, -0.05) is 27.2 Å². The topological polar surface area (TPSA) is 121 Å². The minimum Gasteiger partial charge on any atom is -0.383 e. The lowest BCUT2D eigenvalue weighted by Crippen LogP contribution is -2.44. The van der Waals surface area contributed by atoms with E-state index < -0.39 is 40.6 Å². The number of hydrogen-bond donors (Lipinski definition) is 2. The molecule has 1 atom stereocenters. The lowest BCUT2D eigenvalue weighted by Gasteiger charge is -2.27. The Morgan fingerprint density at radius 1 is 1.26 bits per heavy atom. The smallest absolute Gasteiger partial charge is 0.330 e. The Morgan fingerprint density at radius 2 is 1.97 bits per heavy atom. The maximum absolute atomic E-state index is 14.3. The number of rotatable bonds is 9. The molecule has 3 N–H and O–H groups in total. The highest BCUT2D eigenvalue weighted by Gasteiger charge is 2.39. The number of hydrogen-bond acceptors (Lipinski definition) is 5. The minimum atomic E-state index is -0.910. The number of carbonyl (C=O) groups is 2. The molecule has 1 aliphatic heterocycles. The number of nitrogen functional groups attached to an aromatic ring is 1. The van der Waals surface area contributed by atoms with Crippen LogP contribution in [-0.2, 0) is 16.1 Å². The molecule has 1 aromatic carbocycles. The van der Waals surface area contributed by atoms with E-state index in [4.69, 9.17) is 5.73 Å². The Hall–Kier alpha value is -3.50. The van der Waals surface area contributed by atoms with Crippen LogP contribution >= 0.6 is 0 Å². The van der Waals surface area contributed by atoms with Crippen molar-refractivity contribution < 1.29 is 18.4 Å². The first kappa shape index (κ1) is 26.1. The number of nitrogens with zero attached hydrogens (tertiary/aromatic N) is 3. The number of aromatic amines is 1. The average molecular weight is 492 g/mol. The Bertz CT molecular complexity index is 1220. The standard InChI is InChI=1S/C24H31F2N5O4/c1-4-5-9-30-21(27)20(22(33)28-24(30)35)29(10-8-14(2)3)23(34)15-11-19(32)31(13-15)18-7-6-16(25)12-17(18)26/h6-7,12,14-15H,4-5,8-11,13,27H2,1-3H3,(H,28,33,35). The number of carbonyl (C=O) groups excluding carboxylic acids is 2. The zero-order valence-corrected chi connectivity index (χ0v) is 20.1. The van der Waals surface area contributed by atoms with Gasteiger partial charge in [0.25, 0.3) is 5.56 Å². The van der Waals surface area contributed by atoms with E-state index in [9.17, 15) is 28.0 Å². The van der Waals surface area contributed by atoms with Gasteiger partial charge in [-0.15, -0.1) is 0 Å². The molecule has 190 valence electrons. The van der Waals surface area contributed by atoms with Gasteiger partial charge in [0.15, 0.2) is 5.69 Å². The van der Waals surface area contributed by atoms with Crippen molar-refractivity contribution >= 4 is 29.0 Å². The Labute approximate surface area is 201 Å². The second kappa shape index (κ2) is 10.8. The highest BCUT2D eigenvalue weighted by atomic mass is 19.1. The third-order valence-corrected chi connectivity index (χ3v) is 6.09. The number of nitrogens with one attached hydrogen (secondary N) is 1. The van der Waals surface area contributed by atoms with Gasteiger partial charge in [0.05, 0.1) is 11.6 Å². The van der Waals surface area contributed by atoms with Crippen molar-refractivity contribution in [1.29, 1.82) is 0 Å². The molecule has 9 nitrogen and oxygen atoms in total. The maximum atomic E-state index is 14.3. The number of nitrogens with two attached hydrogens (primary N) is 1. The normalized spacial score (nSPS) is 15.8. The van der Waals surface area contributed by atoms with Crippen LogP contribution in [-0.4, -0.2) is 34.5 Å². The van der Waals surface area contributed by atoms with Crippen LogP contribution in [0.1, 0.15) is 46.5 Å². The highest BCUT2D eigenvalue weighted by molar-refractivity contribution is 6.05. The van der Waals surface area contributed by atoms with E-state index in [1.54, 1.807) is 0 Å². The molecular weight excluding hydrogens is 460 g/mol. The molecule has 2 amide bonds. The van der Waals surface area contributed by atoms with Gasteiger partial charge in [-0.05, 0) is 30.9 Å². The summed E-state index contributed by atoms with van der Waals surface area (Å²) in [5, 5.41) is 0. The van der Waals surface area contributed by atoms with E-state index in [-0.39, 0.29) is 49.2 Å². The van der Waals surface area contributed by atoms with Crippen LogP contribution in [0.15, 0.2) is 27.8 Å². The molecule has 0 radical (unpaired) electrons. The summed E-state index contributed by atoms with van der Waals surface area (Å²) >= 11 is 0. The Morgan fingerprint density at radius 3 is 2.60 bits per heavy atom. The molecule has 1 aliphatic rings. The monoisotopic (exact) mass is 491 g/mol. The molecule has 1 unspecified atom stereocenters. The Balaban J connectivity index is 1.98. The SMILES string of the molecule is CCCCn1c(N)c(N(CCC(C)C)C(=O)C2CC(=O)N(c3ccc(F)cc3F)C2)c(=O)[nH]c1=O. The Kier molecular flexibility index (Phi) is 8.08. The second-order valence-electron chi connectivity index (χ2n) is 9.17. The van der Waals surface area contributed by atoms with Crippen LogP contribution in [0.5, 0.6) is 0 Å². The fourth-order valence-electron chi connectivity index (χ4n) is 4.12. The number of aromatic nitrogens is 2. The number of unbranched alkanes of at least 4 members (excludes halogenated alkanes) is 1. The molecule has 0 aliphatic carbocycles. The van der Waals surface area contributed by atoms with Gasteiger partial charge in [-0.2, -0.15) is 0 Å². The van der Waals surface area contributed by atoms with Gasteiger partial charge in [0.1, 0.15) is 17.5 Å². The first-order valence-electron chi connectivity index (χ1n) is 11.7. The second-order valence-corrected chi connectivity index (χ2v) is 9.17. The summed E-state index contributed by atoms with van der Waals surface area (Å²) in [5.74, 6) is -3.52. The van der Waals surface area contributed by atoms with Gasteiger partial charge >= 0.3 is 5.69 Å². The van der Waals surface area contributed by atoms with Crippen LogP contribution in [0.4, 0.5) is 26.0 Å². The minimum absolute atomic E-state index is 0.116. The van der Waals surface area contributed by atoms with Crippen LogP contribution in [0.3, 0.4) is 0 Å². The molecule has 1 fully saturated rings. The van der Waals surface area contributed by atoms with Crippen LogP contribution in [0.2, 0.25) is 0 Å². The van der Waals surface area contributed by atoms with Gasteiger partial charge in [0, 0.05) is 32.1 Å². The molecule has 35 heavy (non-hydrogen) atoms. The molecule has 0 spiro atoms. The van der Waals surface area contributed by atoms with Crippen LogP contribution in [0.25, 0.3) is 0 Å². The largest absolute Gasteiger partial charge is 0.383 e. The van der Waals surface area contributed by atoms with Crippen molar-refractivity contribution in [3.8, 4) is 0 Å². The quantitative estimate of drug-likeness (QED) is 0.559. The highest BCUT2D eigenvalue weighted by Crippen LogP contribution is 2.30. The van der Waals surface area contributed by atoms with E-state index in [0.29, 0.717) is 18.9 Å². The third-order valence-electron chi connectivity index (χ3n) is 6.09. The molecule has 2 heterocycles. The van der Waals surface area contributed by atoms with Crippen molar-refractivity contribution in [1.82, 2.24) is 9.55 Å². The third kappa shape index (κ3) is 5.60. The van der Waals surface area contributed by atoms with Crippen molar-refractivity contribution in [2.24, 2.45) is 11.8 Å². The summed E-state index contributed by atoms with van der Waals surface area (Å²) in [5.41, 5.74) is 4.54. The van der Waals surface area contributed by atoms with Gasteiger partial charge in [0.2, 0.25) is 11.8 Å². The predicted molar refractivity (Wildman–Crippen MR) is 129 cm³/mol. The molecular formula is C24H31F2N5O4. The van der Waals surface area contributed by atoms with E-state index in [2.05, 4.69) is 4.98 Å². The van der Waals surface area contributed by atoms with Gasteiger partial charge in [-0.25, -0.2) is 13.6 Å². The molecule has 0 bridgehead atoms. The first-order chi connectivity index (χ1) is 16.5. The molecule has 2 aromatic rings. The maximum Gasteiger partial charge on any atom is 0.330 e. The molecule has 0 saturated carbocycles. The number of amides is 2. The van der Waals surface area contributed by atoms with Crippen LogP contribution in [0, 0.1) is 23.5 Å². The summed E-state index contributed by atoms with van der Waals surface area (Å²) in [4.78, 5) is 56.0. The summed E-state index contributed by atoms with van der Waals surface area (Å²) < 4.78 is 28.9. The number of halogens is 2. The fraction of sp³-hybridized carbons (Fsp3) is 0.500. The van der Waals surface area contributed by atoms with Crippen LogP contribution < -0.4 is 26.8 Å². The molecule has 1 aromatic heterocycles. The number of H-pyrrole nitrogens is 1. The van der Waals surface area contributed by atoms with Crippen molar-refractivity contribution in [3.05, 3.63) is 50.7 Å². The van der Waals surface area contributed by atoms with Gasteiger partial charge < -0.3 is 15.5 Å². The van der Waals surface area contributed by atoms with E-state index in [1.165, 1.54) is 9.47 Å². The zero-order valence-electron chi connectivity index (χ0n) is 20.1. The number of anilines is 3. The van der Waals surface area contributed by atoms with E-state index >= 15 is 0 Å². The predicted octanol–water partition coefficient (Wildman–Crippen LogP) is 2.63. The fourth-order valence-corrected chi connectivity index (χ4v) is 4.12.